The molecule has 0 heterocycles. The first-order chi connectivity index (χ1) is 6.13. The van der Waals surface area contributed by atoms with Crippen LogP contribution >= 0.6 is 23.2 Å². The third-order valence-electron chi connectivity index (χ3n) is 2.02. The van der Waals surface area contributed by atoms with E-state index in [1.807, 2.05) is 12.1 Å². The highest BCUT2D eigenvalue weighted by Crippen LogP contribution is 2.22. The molecule has 0 amide bonds. The molecule has 1 nitrogen and oxygen atoms in total. The predicted molar refractivity (Wildman–Crippen MR) is 58.4 cm³/mol. The van der Waals surface area contributed by atoms with Crippen molar-refractivity contribution >= 4 is 23.2 Å². The maximum Gasteiger partial charge on any atom is 0.0453 e. The normalized spacial score (nSPS) is 12.9. The third-order valence-corrected chi connectivity index (χ3v) is 2.61. The van der Waals surface area contributed by atoms with Crippen molar-refractivity contribution in [2.45, 2.75) is 25.8 Å². The molecule has 0 aromatic heterocycles. The van der Waals surface area contributed by atoms with Gasteiger partial charge in [0, 0.05) is 16.1 Å². The fourth-order valence-electron chi connectivity index (χ4n) is 1.11. The Morgan fingerprint density at radius 2 is 2.08 bits per heavy atom. The molecule has 0 unspecified atom stereocenters. The lowest BCUT2D eigenvalue weighted by molar-refractivity contribution is 0.646. The van der Waals surface area contributed by atoms with E-state index < -0.39 is 0 Å². The first-order valence-electron chi connectivity index (χ1n) is 4.33. The third kappa shape index (κ3) is 3.18. The van der Waals surface area contributed by atoms with Crippen molar-refractivity contribution in [1.82, 2.24) is 0 Å². The Balaban J connectivity index is 2.77. The van der Waals surface area contributed by atoms with Crippen LogP contribution in [-0.4, -0.2) is 6.04 Å². The quantitative estimate of drug-likeness (QED) is 0.827. The van der Waals surface area contributed by atoms with Crippen molar-refractivity contribution in [3.05, 3.63) is 33.8 Å². The van der Waals surface area contributed by atoms with Gasteiger partial charge in [-0.15, -0.1) is 0 Å². The highest BCUT2D eigenvalue weighted by atomic mass is 35.5. The summed E-state index contributed by atoms with van der Waals surface area (Å²) in [5.74, 6) is 0. The van der Waals surface area contributed by atoms with E-state index in [-0.39, 0.29) is 6.04 Å². The lowest BCUT2D eigenvalue weighted by Crippen LogP contribution is -2.21. The maximum atomic E-state index is 5.99. The van der Waals surface area contributed by atoms with E-state index >= 15 is 0 Å². The highest BCUT2D eigenvalue weighted by Gasteiger charge is 2.05. The molecule has 13 heavy (non-hydrogen) atoms. The monoisotopic (exact) mass is 217 g/mol. The Hall–Kier alpha value is -0.240. The fourth-order valence-corrected chi connectivity index (χ4v) is 1.60. The maximum absolute atomic E-state index is 5.99. The number of rotatable bonds is 3. The minimum Gasteiger partial charge on any atom is -0.327 e. The van der Waals surface area contributed by atoms with Crippen LogP contribution in [0.15, 0.2) is 18.2 Å². The second kappa shape index (κ2) is 4.85. The number of nitrogens with two attached hydrogens (primary N) is 1. The Labute approximate surface area is 88.8 Å². The van der Waals surface area contributed by atoms with E-state index in [1.165, 1.54) is 0 Å². The van der Waals surface area contributed by atoms with Crippen LogP contribution in [0.5, 0.6) is 0 Å². The van der Waals surface area contributed by atoms with E-state index in [4.69, 9.17) is 28.9 Å². The zero-order valence-electron chi connectivity index (χ0n) is 7.56. The molecule has 0 saturated heterocycles. The zero-order valence-corrected chi connectivity index (χ0v) is 9.07. The lowest BCUT2D eigenvalue weighted by atomic mass is 10.1. The number of benzene rings is 1. The minimum atomic E-state index is 0.179. The standard InChI is InChI=1S/C10H13Cl2N/c1-2-9(13)5-7-3-4-8(11)6-10(7)12/h3-4,6,9H,2,5,13H2,1H3/t9-/m0/s1. The molecule has 1 aromatic carbocycles. The van der Waals surface area contributed by atoms with E-state index in [1.54, 1.807) is 6.07 Å². The number of hydrogen-bond donors (Lipinski definition) is 1. The Bertz CT molecular complexity index is 286. The summed E-state index contributed by atoms with van der Waals surface area (Å²) in [5.41, 5.74) is 6.89. The van der Waals surface area contributed by atoms with Gasteiger partial charge in [0.15, 0.2) is 0 Å². The van der Waals surface area contributed by atoms with Crippen LogP contribution < -0.4 is 5.73 Å². The van der Waals surface area contributed by atoms with Crippen molar-refractivity contribution in [3.8, 4) is 0 Å². The topological polar surface area (TPSA) is 26.0 Å². The smallest absolute Gasteiger partial charge is 0.0453 e. The molecule has 2 N–H and O–H groups in total. The van der Waals surface area contributed by atoms with Gasteiger partial charge in [0.2, 0.25) is 0 Å². The summed E-state index contributed by atoms with van der Waals surface area (Å²) < 4.78 is 0. The molecule has 1 aromatic rings. The zero-order chi connectivity index (χ0) is 9.84. The summed E-state index contributed by atoms with van der Waals surface area (Å²) in [4.78, 5) is 0. The molecule has 0 saturated carbocycles. The second-order valence-corrected chi connectivity index (χ2v) is 3.95. The van der Waals surface area contributed by atoms with Crippen molar-refractivity contribution < 1.29 is 0 Å². The van der Waals surface area contributed by atoms with Gasteiger partial charge in [-0.2, -0.15) is 0 Å². The molecule has 0 aliphatic carbocycles. The van der Waals surface area contributed by atoms with Crippen molar-refractivity contribution in [2.24, 2.45) is 5.73 Å². The second-order valence-electron chi connectivity index (χ2n) is 3.11. The molecule has 1 rings (SSSR count). The van der Waals surface area contributed by atoms with Crippen LogP contribution in [0.2, 0.25) is 10.0 Å². The van der Waals surface area contributed by atoms with E-state index in [0.717, 1.165) is 18.4 Å². The van der Waals surface area contributed by atoms with Crippen LogP contribution in [0.3, 0.4) is 0 Å². The van der Waals surface area contributed by atoms with Gasteiger partial charge in [-0.05, 0) is 30.5 Å². The molecule has 0 spiro atoms. The van der Waals surface area contributed by atoms with Crippen LogP contribution in [0.25, 0.3) is 0 Å². The molecule has 0 bridgehead atoms. The Morgan fingerprint density at radius 1 is 1.38 bits per heavy atom. The SMILES string of the molecule is CC[C@H](N)Cc1ccc(Cl)cc1Cl. The van der Waals surface area contributed by atoms with E-state index in [9.17, 15) is 0 Å². The molecule has 0 fully saturated rings. The number of halogens is 2. The van der Waals surface area contributed by atoms with E-state index in [0.29, 0.717) is 10.0 Å². The average Bonchev–Trinajstić information content (AvgIpc) is 2.09. The fraction of sp³-hybridized carbons (Fsp3) is 0.400. The molecule has 1 atom stereocenters. The van der Waals surface area contributed by atoms with Crippen molar-refractivity contribution in [1.29, 1.82) is 0 Å². The largest absolute Gasteiger partial charge is 0.327 e. The predicted octanol–water partition coefficient (Wildman–Crippen LogP) is 3.27. The lowest BCUT2D eigenvalue weighted by Gasteiger charge is -2.09. The molecule has 3 heteroatoms. The van der Waals surface area contributed by atoms with Gasteiger partial charge in [0.25, 0.3) is 0 Å². The molecule has 0 radical (unpaired) electrons. The van der Waals surface area contributed by atoms with Gasteiger partial charge in [0.1, 0.15) is 0 Å². The van der Waals surface area contributed by atoms with Gasteiger partial charge in [-0.3, -0.25) is 0 Å². The Morgan fingerprint density at radius 3 is 2.62 bits per heavy atom. The van der Waals surface area contributed by atoms with Crippen LogP contribution in [-0.2, 0) is 6.42 Å². The average molecular weight is 218 g/mol. The summed E-state index contributed by atoms with van der Waals surface area (Å²) in [6, 6.07) is 5.70. The molecular weight excluding hydrogens is 205 g/mol. The van der Waals surface area contributed by atoms with Gasteiger partial charge in [0.05, 0.1) is 0 Å². The summed E-state index contributed by atoms with van der Waals surface area (Å²) in [5, 5.41) is 1.37. The number of hydrogen-bond acceptors (Lipinski definition) is 1. The van der Waals surface area contributed by atoms with E-state index in [2.05, 4.69) is 6.92 Å². The summed E-state index contributed by atoms with van der Waals surface area (Å²) >= 11 is 11.8. The van der Waals surface area contributed by atoms with Crippen molar-refractivity contribution in [3.63, 3.8) is 0 Å². The van der Waals surface area contributed by atoms with Gasteiger partial charge < -0.3 is 5.73 Å². The molecule has 0 aliphatic heterocycles. The highest BCUT2D eigenvalue weighted by molar-refractivity contribution is 6.35. The first kappa shape index (κ1) is 10.8. The van der Waals surface area contributed by atoms with Crippen LogP contribution in [0.4, 0.5) is 0 Å². The van der Waals surface area contributed by atoms with Gasteiger partial charge in [-0.25, -0.2) is 0 Å². The van der Waals surface area contributed by atoms with Crippen LogP contribution in [0, 0.1) is 0 Å². The van der Waals surface area contributed by atoms with Gasteiger partial charge >= 0.3 is 0 Å². The van der Waals surface area contributed by atoms with Gasteiger partial charge in [-0.1, -0.05) is 36.2 Å². The molecule has 0 aliphatic rings. The molecular formula is C10H13Cl2N. The van der Waals surface area contributed by atoms with Crippen LogP contribution in [0.1, 0.15) is 18.9 Å². The Kier molecular flexibility index (Phi) is 4.04. The molecule has 72 valence electrons. The van der Waals surface area contributed by atoms with Crippen molar-refractivity contribution in [2.75, 3.05) is 0 Å². The summed E-state index contributed by atoms with van der Waals surface area (Å²) in [6.45, 7) is 2.06. The summed E-state index contributed by atoms with van der Waals surface area (Å²) in [7, 11) is 0. The summed E-state index contributed by atoms with van der Waals surface area (Å²) in [6.07, 6.45) is 1.77. The first-order valence-corrected chi connectivity index (χ1v) is 5.08. The minimum absolute atomic E-state index is 0.179.